The van der Waals surface area contributed by atoms with Gasteiger partial charge in [0, 0.05) is 17.3 Å². The van der Waals surface area contributed by atoms with Crippen LogP contribution in [-0.4, -0.2) is 9.97 Å². The smallest absolute Gasteiger partial charge is 0.0921 e. The highest BCUT2D eigenvalue weighted by Crippen LogP contribution is 2.64. The maximum Gasteiger partial charge on any atom is 0.0921 e. The highest BCUT2D eigenvalue weighted by Gasteiger charge is 2.57. The minimum Gasteiger partial charge on any atom is -0.348 e. The van der Waals surface area contributed by atoms with Gasteiger partial charge >= 0.3 is 0 Å². The van der Waals surface area contributed by atoms with E-state index in [1.807, 2.05) is 26.4 Å². The Hall–Kier alpha value is -1.57. The average molecular weight is 282 g/mol. The summed E-state index contributed by atoms with van der Waals surface area (Å²) in [5, 5.41) is 0. The second-order valence-corrected chi connectivity index (χ2v) is 6.45. The van der Waals surface area contributed by atoms with E-state index in [0.717, 1.165) is 5.92 Å². The molecule has 1 heterocycles. The third kappa shape index (κ3) is 1.88. The minimum atomic E-state index is 0.250. The van der Waals surface area contributed by atoms with Gasteiger partial charge in [0.25, 0.3) is 0 Å². The van der Waals surface area contributed by atoms with Crippen LogP contribution in [0.5, 0.6) is 0 Å². The maximum atomic E-state index is 4.29. The molecule has 1 aromatic carbocycles. The van der Waals surface area contributed by atoms with E-state index in [9.17, 15) is 0 Å². The van der Waals surface area contributed by atoms with Crippen LogP contribution in [-0.2, 0) is 5.41 Å². The first-order valence-corrected chi connectivity index (χ1v) is 8.31. The van der Waals surface area contributed by atoms with Crippen molar-refractivity contribution in [2.24, 2.45) is 5.92 Å². The van der Waals surface area contributed by atoms with Crippen LogP contribution < -0.4 is 0 Å². The Balaban J connectivity index is 0.000000636. The number of benzene rings is 1. The molecule has 112 valence electrons. The Bertz CT molecular complexity index is 602. The minimum absolute atomic E-state index is 0.250. The van der Waals surface area contributed by atoms with Gasteiger partial charge in [-0.3, -0.25) is 0 Å². The normalized spacial score (nSPS) is 33.0. The molecule has 0 radical (unpaired) electrons. The zero-order valence-electron chi connectivity index (χ0n) is 13.6. The van der Waals surface area contributed by atoms with Gasteiger partial charge in [0.1, 0.15) is 0 Å². The summed E-state index contributed by atoms with van der Waals surface area (Å²) in [5.41, 5.74) is 4.72. The first-order valence-electron chi connectivity index (χ1n) is 8.31. The summed E-state index contributed by atoms with van der Waals surface area (Å²) in [6, 6.07) is 9.03. The first-order chi connectivity index (χ1) is 10.2. The lowest BCUT2D eigenvalue weighted by Crippen LogP contribution is -2.30. The number of nitrogens with one attached hydrogen (secondary N) is 1. The van der Waals surface area contributed by atoms with Crippen LogP contribution in [0.4, 0.5) is 0 Å². The lowest BCUT2D eigenvalue weighted by molar-refractivity contribution is 0.346. The molecule has 21 heavy (non-hydrogen) atoms. The quantitative estimate of drug-likeness (QED) is 0.783. The summed E-state index contributed by atoms with van der Waals surface area (Å²) in [4.78, 5) is 7.70. The molecule has 1 N–H and O–H groups in total. The molecule has 2 aliphatic rings. The van der Waals surface area contributed by atoms with Gasteiger partial charge in [-0.05, 0) is 41.7 Å². The Morgan fingerprint density at radius 3 is 2.52 bits per heavy atom. The van der Waals surface area contributed by atoms with E-state index in [-0.39, 0.29) is 5.41 Å². The Morgan fingerprint density at radius 2 is 1.86 bits per heavy atom. The summed E-state index contributed by atoms with van der Waals surface area (Å²) in [6.45, 7) is 8.80. The van der Waals surface area contributed by atoms with Crippen LogP contribution in [0.25, 0.3) is 0 Å². The van der Waals surface area contributed by atoms with Gasteiger partial charge in [-0.25, -0.2) is 4.98 Å². The van der Waals surface area contributed by atoms with Crippen molar-refractivity contribution in [1.82, 2.24) is 9.97 Å². The van der Waals surface area contributed by atoms with Crippen molar-refractivity contribution in [3.8, 4) is 0 Å². The molecule has 2 aromatic rings. The van der Waals surface area contributed by atoms with Crippen LogP contribution in [0.3, 0.4) is 0 Å². The number of rotatable bonds is 1. The molecule has 4 atom stereocenters. The Kier molecular flexibility index (Phi) is 3.64. The molecule has 0 bridgehead atoms. The van der Waals surface area contributed by atoms with Gasteiger partial charge < -0.3 is 4.98 Å². The topological polar surface area (TPSA) is 28.7 Å². The van der Waals surface area contributed by atoms with Crippen molar-refractivity contribution in [2.45, 2.75) is 57.8 Å². The second-order valence-electron chi connectivity index (χ2n) is 6.45. The molecular weight excluding hydrogens is 256 g/mol. The predicted molar refractivity (Wildman–Crippen MR) is 87.6 cm³/mol. The Morgan fingerprint density at radius 1 is 1.14 bits per heavy atom. The SMILES string of the molecule is CC.CC1CC2c3ccccc3C(C)C2(c2cnc[nH]2)C1. The van der Waals surface area contributed by atoms with Gasteiger partial charge in [0.15, 0.2) is 0 Å². The number of H-pyrrole nitrogens is 1. The van der Waals surface area contributed by atoms with Gasteiger partial charge in [-0.2, -0.15) is 0 Å². The second kappa shape index (κ2) is 5.32. The fourth-order valence-electron chi connectivity index (χ4n) is 4.84. The maximum absolute atomic E-state index is 4.29. The first kappa shape index (κ1) is 14.4. The number of hydrogen-bond acceptors (Lipinski definition) is 1. The van der Waals surface area contributed by atoms with E-state index >= 15 is 0 Å². The van der Waals surface area contributed by atoms with E-state index in [2.05, 4.69) is 48.1 Å². The fourth-order valence-corrected chi connectivity index (χ4v) is 4.84. The molecule has 0 spiro atoms. The fraction of sp³-hybridized carbons (Fsp3) is 0.526. The molecule has 1 saturated carbocycles. The van der Waals surface area contributed by atoms with Crippen LogP contribution in [0.15, 0.2) is 36.8 Å². The largest absolute Gasteiger partial charge is 0.348 e. The molecule has 4 rings (SSSR count). The molecular formula is C19H26N2. The van der Waals surface area contributed by atoms with Crippen LogP contribution in [0.2, 0.25) is 0 Å². The highest BCUT2D eigenvalue weighted by atomic mass is 14.9. The standard InChI is InChI=1S/C17H20N2.C2H6/c1-11-7-15-14-6-4-3-5-13(14)12(2)17(15,8-11)16-9-18-10-19-16;1-2/h3-6,9-12,15H,7-8H2,1-2H3,(H,18,19);1-2H3. The van der Waals surface area contributed by atoms with Crippen molar-refractivity contribution in [3.63, 3.8) is 0 Å². The van der Waals surface area contributed by atoms with Crippen LogP contribution in [0.1, 0.15) is 69.2 Å². The van der Waals surface area contributed by atoms with Gasteiger partial charge in [-0.15, -0.1) is 0 Å². The number of hydrogen-bond donors (Lipinski definition) is 1. The molecule has 1 aromatic heterocycles. The van der Waals surface area contributed by atoms with E-state index in [1.54, 1.807) is 11.1 Å². The van der Waals surface area contributed by atoms with Crippen molar-refractivity contribution in [3.05, 3.63) is 53.6 Å². The van der Waals surface area contributed by atoms with Gasteiger partial charge in [-0.1, -0.05) is 52.0 Å². The van der Waals surface area contributed by atoms with Crippen LogP contribution >= 0.6 is 0 Å². The van der Waals surface area contributed by atoms with Crippen LogP contribution in [0, 0.1) is 5.92 Å². The van der Waals surface area contributed by atoms with E-state index in [4.69, 9.17) is 0 Å². The lowest BCUT2D eigenvalue weighted by atomic mass is 9.70. The Labute approximate surface area is 128 Å². The number of imidazole rings is 1. The predicted octanol–water partition coefficient (Wildman–Crippen LogP) is 5.00. The molecule has 0 aliphatic heterocycles. The third-order valence-electron chi connectivity index (χ3n) is 5.56. The summed E-state index contributed by atoms with van der Waals surface area (Å²) < 4.78 is 0. The molecule has 2 aliphatic carbocycles. The lowest BCUT2D eigenvalue weighted by Gasteiger charge is -2.33. The van der Waals surface area contributed by atoms with Gasteiger partial charge in [0.2, 0.25) is 0 Å². The van der Waals surface area contributed by atoms with Crippen molar-refractivity contribution >= 4 is 0 Å². The molecule has 0 saturated heterocycles. The highest BCUT2D eigenvalue weighted by molar-refractivity contribution is 5.49. The zero-order chi connectivity index (χ0) is 15.0. The molecule has 2 nitrogen and oxygen atoms in total. The number of aromatic nitrogens is 2. The zero-order valence-corrected chi connectivity index (χ0v) is 13.6. The summed E-state index contributed by atoms with van der Waals surface area (Å²) in [7, 11) is 0. The molecule has 1 fully saturated rings. The number of nitrogens with zero attached hydrogens (tertiary/aromatic N) is 1. The monoisotopic (exact) mass is 282 g/mol. The van der Waals surface area contributed by atoms with E-state index in [1.165, 1.54) is 18.5 Å². The van der Waals surface area contributed by atoms with E-state index < -0.39 is 0 Å². The summed E-state index contributed by atoms with van der Waals surface area (Å²) >= 11 is 0. The van der Waals surface area contributed by atoms with Crippen molar-refractivity contribution in [1.29, 1.82) is 0 Å². The molecule has 4 unspecified atom stereocenters. The number of fused-ring (bicyclic) bond motifs is 3. The summed E-state index contributed by atoms with van der Waals surface area (Å²) in [6.07, 6.45) is 6.46. The molecule has 2 heteroatoms. The van der Waals surface area contributed by atoms with E-state index in [0.29, 0.717) is 11.8 Å². The van der Waals surface area contributed by atoms with Crippen molar-refractivity contribution < 1.29 is 0 Å². The summed E-state index contributed by atoms with van der Waals surface area (Å²) in [5.74, 6) is 2.04. The third-order valence-corrected chi connectivity index (χ3v) is 5.56. The van der Waals surface area contributed by atoms with Gasteiger partial charge in [0.05, 0.1) is 6.33 Å². The number of aromatic amines is 1. The average Bonchev–Trinajstić information content (AvgIpc) is 3.20. The van der Waals surface area contributed by atoms with Crippen molar-refractivity contribution in [2.75, 3.05) is 0 Å². The molecule has 0 amide bonds.